The first kappa shape index (κ1) is 7.35. The fourth-order valence-corrected chi connectivity index (χ4v) is 2.55. The van der Waals surface area contributed by atoms with E-state index in [0.29, 0.717) is 0 Å². The summed E-state index contributed by atoms with van der Waals surface area (Å²) in [6.07, 6.45) is 9.19. The molecular weight excluding hydrogens is 134 g/mol. The molecular formula is C10H17N. The summed E-state index contributed by atoms with van der Waals surface area (Å²) in [5.41, 5.74) is 0. The highest BCUT2D eigenvalue weighted by atomic mass is 14.8. The lowest BCUT2D eigenvalue weighted by Gasteiger charge is -2.37. The topological polar surface area (TPSA) is 12.0 Å². The van der Waals surface area contributed by atoms with Crippen molar-refractivity contribution in [2.75, 3.05) is 13.6 Å². The van der Waals surface area contributed by atoms with Gasteiger partial charge in [-0.1, -0.05) is 12.2 Å². The highest BCUT2D eigenvalue weighted by Crippen LogP contribution is 2.39. The van der Waals surface area contributed by atoms with Crippen molar-refractivity contribution in [1.82, 2.24) is 5.32 Å². The molecule has 62 valence electrons. The van der Waals surface area contributed by atoms with Gasteiger partial charge in [0.1, 0.15) is 0 Å². The number of hydrogen-bond acceptors (Lipinski definition) is 1. The van der Waals surface area contributed by atoms with E-state index in [9.17, 15) is 0 Å². The Morgan fingerprint density at radius 3 is 2.73 bits per heavy atom. The van der Waals surface area contributed by atoms with Crippen LogP contribution in [0.1, 0.15) is 19.3 Å². The van der Waals surface area contributed by atoms with E-state index in [1.807, 2.05) is 0 Å². The minimum Gasteiger partial charge on any atom is -0.319 e. The van der Waals surface area contributed by atoms with Gasteiger partial charge in [0.25, 0.3) is 0 Å². The van der Waals surface area contributed by atoms with Gasteiger partial charge in [0.15, 0.2) is 0 Å². The van der Waals surface area contributed by atoms with Crippen molar-refractivity contribution in [2.45, 2.75) is 19.3 Å². The summed E-state index contributed by atoms with van der Waals surface area (Å²) < 4.78 is 0. The molecule has 0 amide bonds. The van der Waals surface area contributed by atoms with Crippen LogP contribution < -0.4 is 5.32 Å². The summed E-state index contributed by atoms with van der Waals surface area (Å²) in [5.74, 6) is 2.74. The second-order valence-electron chi connectivity index (χ2n) is 3.94. The normalized spacial score (nSPS) is 41.4. The molecule has 3 aliphatic carbocycles. The number of rotatable bonds is 2. The lowest BCUT2D eigenvalue weighted by atomic mass is 9.69. The molecule has 3 aliphatic rings. The fraction of sp³-hybridized carbons (Fsp3) is 0.800. The van der Waals surface area contributed by atoms with Gasteiger partial charge < -0.3 is 5.32 Å². The minimum atomic E-state index is 0.896. The van der Waals surface area contributed by atoms with Gasteiger partial charge in [-0.3, -0.25) is 0 Å². The Labute approximate surface area is 68.9 Å². The molecule has 1 nitrogen and oxygen atoms in total. The summed E-state index contributed by atoms with van der Waals surface area (Å²) in [5, 5.41) is 3.29. The minimum absolute atomic E-state index is 0.896. The van der Waals surface area contributed by atoms with Crippen molar-refractivity contribution in [1.29, 1.82) is 0 Å². The zero-order chi connectivity index (χ0) is 7.68. The molecule has 1 heteroatoms. The molecule has 1 saturated carbocycles. The van der Waals surface area contributed by atoms with Crippen LogP contribution in [0.2, 0.25) is 0 Å². The molecule has 0 radical (unpaired) electrons. The molecule has 3 atom stereocenters. The molecule has 0 unspecified atom stereocenters. The first-order valence-electron chi connectivity index (χ1n) is 4.73. The van der Waals surface area contributed by atoms with Gasteiger partial charge in [0, 0.05) is 0 Å². The van der Waals surface area contributed by atoms with E-state index in [2.05, 4.69) is 24.5 Å². The second-order valence-corrected chi connectivity index (χ2v) is 3.94. The van der Waals surface area contributed by atoms with E-state index in [1.165, 1.54) is 25.8 Å². The highest BCUT2D eigenvalue weighted by molar-refractivity contribution is 5.06. The zero-order valence-corrected chi connectivity index (χ0v) is 7.22. The summed E-state index contributed by atoms with van der Waals surface area (Å²) in [7, 11) is 2.06. The molecule has 1 N–H and O–H groups in total. The van der Waals surface area contributed by atoms with E-state index in [0.717, 1.165) is 17.8 Å². The number of nitrogens with one attached hydrogen (secondary N) is 1. The average Bonchev–Trinajstić information content (AvgIpc) is 2.07. The second kappa shape index (κ2) is 2.98. The lowest BCUT2D eigenvalue weighted by molar-refractivity contribution is 0.218. The van der Waals surface area contributed by atoms with Crippen molar-refractivity contribution in [3.05, 3.63) is 12.2 Å². The molecule has 1 fully saturated rings. The van der Waals surface area contributed by atoms with Crippen LogP contribution in [0.25, 0.3) is 0 Å². The smallest absolute Gasteiger partial charge is 0.00177 e. The maximum absolute atomic E-state index is 3.29. The Hall–Kier alpha value is -0.300. The Morgan fingerprint density at radius 1 is 1.36 bits per heavy atom. The van der Waals surface area contributed by atoms with Crippen molar-refractivity contribution >= 4 is 0 Å². The first-order chi connectivity index (χ1) is 5.40. The highest BCUT2D eigenvalue weighted by Gasteiger charge is 2.30. The predicted molar refractivity (Wildman–Crippen MR) is 47.4 cm³/mol. The number of hydrogen-bond donors (Lipinski definition) is 1. The van der Waals surface area contributed by atoms with Crippen molar-refractivity contribution in [3.63, 3.8) is 0 Å². The maximum Gasteiger partial charge on any atom is -0.00177 e. The molecule has 0 aromatic heterocycles. The van der Waals surface area contributed by atoms with Crippen LogP contribution in [0.5, 0.6) is 0 Å². The molecule has 0 saturated heterocycles. The predicted octanol–water partition coefficient (Wildman–Crippen LogP) is 1.81. The van der Waals surface area contributed by atoms with Gasteiger partial charge in [-0.15, -0.1) is 0 Å². The molecule has 0 aromatic rings. The monoisotopic (exact) mass is 151 g/mol. The third-order valence-corrected chi connectivity index (χ3v) is 3.18. The molecule has 3 rings (SSSR count). The molecule has 0 spiro atoms. The van der Waals surface area contributed by atoms with Crippen LogP contribution >= 0.6 is 0 Å². The molecule has 0 aliphatic heterocycles. The van der Waals surface area contributed by atoms with Crippen molar-refractivity contribution in [2.24, 2.45) is 17.8 Å². The largest absolute Gasteiger partial charge is 0.319 e. The fourth-order valence-electron chi connectivity index (χ4n) is 2.55. The summed E-state index contributed by atoms with van der Waals surface area (Å²) in [6.45, 7) is 1.21. The van der Waals surface area contributed by atoms with Gasteiger partial charge >= 0.3 is 0 Å². The molecule has 2 bridgehead atoms. The molecule has 11 heavy (non-hydrogen) atoms. The zero-order valence-electron chi connectivity index (χ0n) is 7.22. The Kier molecular flexibility index (Phi) is 1.99. The third-order valence-electron chi connectivity index (χ3n) is 3.18. The van der Waals surface area contributed by atoms with Crippen LogP contribution in [0, 0.1) is 17.8 Å². The van der Waals surface area contributed by atoms with E-state index in [-0.39, 0.29) is 0 Å². The van der Waals surface area contributed by atoms with E-state index in [4.69, 9.17) is 0 Å². The molecule has 0 aromatic carbocycles. The van der Waals surface area contributed by atoms with E-state index in [1.54, 1.807) is 0 Å². The molecule has 0 heterocycles. The van der Waals surface area contributed by atoms with Crippen LogP contribution in [0.3, 0.4) is 0 Å². The van der Waals surface area contributed by atoms with Crippen LogP contribution in [0.15, 0.2) is 12.2 Å². The van der Waals surface area contributed by atoms with Crippen LogP contribution in [0.4, 0.5) is 0 Å². The van der Waals surface area contributed by atoms with Gasteiger partial charge in [-0.05, 0) is 50.6 Å². The maximum atomic E-state index is 3.29. The number of allylic oxidation sites excluding steroid dienone is 2. The van der Waals surface area contributed by atoms with E-state index >= 15 is 0 Å². The average molecular weight is 151 g/mol. The van der Waals surface area contributed by atoms with Crippen LogP contribution in [-0.2, 0) is 0 Å². The van der Waals surface area contributed by atoms with Crippen molar-refractivity contribution in [3.8, 4) is 0 Å². The summed E-state index contributed by atoms with van der Waals surface area (Å²) >= 11 is 0. The standard InChI is InChI=1S/C10H17N/c1-11-7-10-6-8-2-4-9(10)5-3-8/h2,4,8-11H,3,5-7H2,1H3/t8-,9+,10+/m1/s1. The van der Waals surface area contributed by atoms with Crippen LogP contribution in [-0.4, -0.2) is 13.6 Å². The third kappa shape index (κ3) is 1.34. The van der Waals surface area contributed by atoms with E-state index < -0.39 is 0 Å². The first-order valence-corrected chi connectivity index (χ1v) is 4.73. The Morgan fingerprint density at radius 2 is 2.27 bits per heavy atom. The van der Waals surface area contributed by atoms with Gasteiger partial charge in [0.05, 0.1) is 0 Å². The van der Waals surface area contributed by atoms with Crippen molar-refractivity contribution < 1.29 is 0 Å². The van der Waals surface area contributed by atoms with Gasteiger partial charge in [-0.25, -0.2) is 0 Å². The lowest BCUT2D eigenvalue weighted by Crippen LogP contribution is -2.33. The van der Waals surface area contributed by atoms with Gasteiger partial charge in [-0.2, -0.15) is 0 Å². The SMILES string of the molecule is CNC[C@@H]1C[C@@H]2C=C[C@H]1CC2. The quantitative estimate of drug-likeness (QED) is 0.593. The summed E-state index contributed by atoms with van der Waals surface area (Å²) in [4.78, 5) is 0. The number of fused-ring (bicyclic) bond motifs is 2. The summed E-state index contributed by atoms with van der Waals surface area (Å²) in [6, 6.07) is 0. The van der Waals surface area contributed by atoms with Gasteiger partial charge in [0.2, 0.25) is 0 Å². The Bertz CT molecular complexity index is 162. The Balaban J connectivity index is 2.00.